The summed E-state index contributed by atoms with van der Waals surface area (Å²) in [6.07, 6.45) is 0.695. The zero-order valence-electron chi connectivity index (χ0n) is 10.9. The Bertz CT molecular complexity index is 532. The van der Waals surface area contributed by atoms with Gasteiger partial charge in [0.25, 0.3) is 5.91 Å². The number of aromatic carboxylic acids is 1. The van der Waals surface area contributed by atoms with Crippen LogP contribution in [0.4, 0.5) is 0 Å². The summed E-state index contributed by atoms with van der Waals surface area (Å²) in [6.45, 7) is 3.39. The van der Waals surface area contributed by atoms with Crippen LogP contribution in [0, 0.1) is 13.8 Å². The maximum absolute atomic E-state index is 12.2. The summed E-state index contributed by atoms with van der Waals surface area (Å²) in [5, 5.41) is 21.2. The highest BCUT2D eigenvalue weighted by atomic mass is 16.4. The van der Waals surface area contributed by atoms with E-state index in [1.54, 1.807) is 26.0 Å². The van der Waals surface area contributed by atoms with Crippen LogP contribution in [0.15, 0.2) is 12.1 Å². The fraction of sp³-hybridized carbons (Fsp3) is 0.429. The Morgan fingerprint density at radius 1 is 1.16 bits per heavy atom. The van der Waals surface area contributed by atoms with Gasteiger partial charge in [0.15, 0.2) is 0 Å². The van der Waals surface area contributed by atoms with Gasteiger partial charge in [0, 0.05) is 6.04 Å². The van der Waals surface area contributed by atoms with Gasteiger partial charge in [0.05, 0.1) is 17.2 Å². The third-order valence-electron chi connectivity index (χ3n) is 3.51. The van der Waals surface area contributed by atoms with Gasteiger partial charge in [-0.3, -0.25) is 4.79 Å². The van der Waals surface area contributed by atoms with E-state index >= 15 is 0 Å². The molecule has 0 atom stereocenters. The molecule has 1 saturated carbocycles. The van der Waals surface area contributed by atoms with Crippen molar-refractivity contribution in [3.63, 3.8) is 0 Å². The second-order valence-electron chi connectivity index (χ2n) is 5.05. The predicted octanol–water partition coefficient (Wildman–Crippen LogP) is 1.25. The number of nitrogens with one attached hydrogen (secondary N) is 1. The molecule has 19 heavy (non-hydrogen) atoms. The Kier molecular flexibility index (Phi) is 3.57. The predicted molar refractivity (Wildman–Crippen MR) is 69.4 cm³/mol. The Morgan fingerprint density at radius 2 is 1.68 bits per heavy atom. The fourth-order valence-electron chi connectivity index (χ4n) is 2.34. The summed E-state index contributed by atoms with van der Waals surface area (Å²) in [5.74, 6) is -1.48. The molecule has 0 aliphatic heterocycles. The van der Waals surface area contributed by atoms with Crippen LogP contribution in [0.3, 0.4) is 0 Å². The van der Waals surface area contributed by atoms with Crippen molar-refractivity contribution in [3.8, 4) is 0 Å². The first kappa shape index (κ1) is 13.5. The van der Waals surface area contributed by atoms with Crippen LogP contribution in [0.2, 0.25) is 0 Å². The van der Waals surface area contributed by atoms with Gasteiger partial charge in [-0.1, -0.05) is 12.1 Å². The number of aliphatic hydroxyl groups is 1. The highest BCUT2D eigenvalue weighted by Gasteiger charge is 2.30. The molecule has 0 aromatic heterocycles. The molecule has 5 nitrogen and oxygen atoms in total. The standard InChI is InChI=1S/C14H17NO4/c1-7-3-4-8(2)12(14(18)19)11(7)13(17)15-9-5-10(16)6-9/h3-4,9-10,16H,5-6H2,1-2H3,(H,15,17)(H,18,19). The van der Waals surface area contributed by atoms with Crippen LogP contribution in [-0.4, -0.2) is 34.2 Å². The van der Waals surface area contributed by atoms with E-state index < -0.39 is 5.97 Å². The van der Waals surface area contributed by atoms with Crippen molar-refractivity contribution in [2.24, 2.45) is 0 Å². The molecular formula is C14H17NO4. The Balaban J connectivity index is 2.30. The van der Waals surface area contributed by atoms with Gasteiger partial charge >= 0.3 is 5.97 Å². The Labute approximate surface area is 111 Å². The first-order valence-corrected chi connectivity index (χ1v) is 6.22. The average molecular weight is 263 g/mol. The average Bonchev–Trinajstić information content (AvgIpc) is 2.29. The van der Waals surface area contributed by atoms with Gasteiger partial charge in [-0.05, 0) is 37.8 Å². The van der Waals surface area contributed by atoms with Gasteiger partial charge in [-0.25, -0.2) is 4.79 Å². The van der Waals surface area contributed by atoms with Crippen molar-refractivity contribution in [3.05, 3.63) is 34.4 Å². The van der Waals surface area contributed by atoms with Gasteiger partial charge in [-0.15, -0.1) is 0 Å². The third-order valence-corrected chi connectivity index (χ3v) is 3.51. The van der Waals surface area contributed by atoms with Crippen molar-refractivity contribution in [2.45, 2.75) is 38.8 Å². The smallest absolute Gasteiger partial charge is 0.336 e. The van der Waals surface area contributed by atoms with Gasteiger partial charge < -0.3 is 15.5 Å². The number of aryl methyl sites for hydroxylation is 2. The molecule has 1 amide bonds. The molecule has 0 heterocycles. The van der Waals surface area contributed by atoms with Crippen molar-refractivity contribution >= 4 is 11.9 Å². The number of rotatable bonds is 3. The summed E-state index contributed by atoms with van der Waals surface area (Å²) in [7, 11) is 0. The summed E-state index contributed by atoms with van der Waals surface area (Å²) in [4.78, 5) is 23.5. The first-order valence-electron chi connectivity index (χ1n) is 6.22. The SMILES string of the molecule is Cc1ccc(C)c(C(=O)NC2CC(O)C2)c1C(=O)O. The minimum Gasteiger partial charge on any atom is -0.478 e. The molecule has 2 rings (SSSR count). The van der Waals surface area contributed by atoms with Crippen LogP contribution in [-0.2, 0) is 0 Å². The molecule has 1 aromatic rings. The van der Waals surface area contributed by atoms with Crippen LogP contribution >= 0.6 is 0 Å². The fourth-order valence-corrected chi connectivity index (χ4v) is 2.34. The maximum Gasteiger partial charge on any atom is 0.336 e. The maximum atomic E-state index is 12.2. The highest BCUT2D eigenvalue weighted by molar-refractivity contribution is 6.06. The molecule has 0 spiro atoms. The van der Waals surface area contributed by atoms with E-state index in [1.807, 2.05) is 0 Å². The molecule has 1 aromatic carbocycles. The number of amides is 1. The number of benzene rings is 1. The molecule has 0 saturated heterocycles. The molecule has 5 heteroatoms. The second kappa shape index (κ2) is 5.01. The van der Waals surface area contributed by atoms with Crippen molar-refractivity contribution in [1.82, 2.24) is 5.32 Å². The Hall–Kier alpha value is -1.88. The number of hydrogen-bond acceptors (Lipinski definition) is 3. The topological polar surface area (TPSA) is 86.6 Å². The van der Waals surface area contributed by atoms with E-state index in [9.17, 15) is 19.8 Å². The van der Waals surface area contributed by atoms with Crippen molar-refractivity contribution < 1.29 is 19.8 Å². The van der Waals surface area contributed by atoms with Gasteiger partial charge in [-0.2, -0.15) is 0 Å². The minimum atomic E-state index is -1.10. The monoisotopic (exact) mass is 263 g/mol. The van der Waals surface area contributed by atoms with E-state index in [1.165, 1.54) is 0 Å². The lowest BCUT2D eigenvalue weighted by molar-refractivity contribution is 0.0555. The van der Waals surface area contributed by atoms with E-state index in [2.05, 4.69) is 5.32 Å². The lowest BCUT2D eigenvalue weighted by Gasteiger charge is -2.32. The number of carboxylic acid groups (broad SMARTS) is 1. The molecule has 1 aliphatic carbocycles. The molecule has 102 valence electrons. The molecule has 1 aliphatic rings. The molecule has 0 radical (unpaired) electrons. The van der Waals surface area contributed by atoms with Crippen LogP contribution < -0.4 is 5.32 Å². The minimum absolute atomic E-state index is 0.0531. The Morgan fingerprint density at radius 3 is 2.16 bits per heavy atom. The molecule has 0 unspecified atom stereocenters. The highest BCUT2D eigenvalue weighted by Crippen LogP contribution is 2.23. The first-order chi connectivity index (χ1) is 8.90. The summed E-state index contributed by atoms with van der Waals surface area (Å²) in [5.41, 5.74) is 1.48. The lowest BCUT2D eigenvalue weighted by atomic mass is 9.88. The normalized spacial score (nSPS) is 21.6. The molecular weight excluding hydrogens is 246 g/mol. The summed E-state index contributed by atoms with van der Waals surface area (Å²) >= 11 is 0. The van der Waals surface area contributed by atoms with E-state index in [0.29, 0.717) is 24.0 Å². The third kappa shape index (κ3) is 2.61. The molecule has 3 N–H and O–H groups in total. The number of carbonyl (C=O) groups is 2. The lowest BCUT2D eigenvalue weighted by Crippen LogP contribution is -2.47. The number of aliphatic hydroxyl groups excluding tert-OH is 1. The quantitative estimate of drug-likeness (QED) is 0.766. The van der Waals surface area contributed by atoms with Crippen LogP contribution in [0.1, 0.15) is 44.7 Å². The van der Waals surface area contributed by atoms with E-state index in [0.717, 1.165) is 0 Å². The second-order valence-corrected chi connectivity index (χ2v) is 5.05. The number of hydrogen-bond donors (Lipinski definition) is 3. The van der Waals surface area contributed by atoms with Crippen LogP contribution in [0.5, 0.6) is 0 Å². The van der Waals surface area contributed by atoms with E-state index in [4.69, 9.17) is 0 Å². The van der Waals surface area contributed by atoms with Crippen LogP contribution in [0.25, 0.3) is 0 Å². The van der Waals surface area contributed by atoms with Gasteiger partial charge in [0.2, 0.25) is 0 Å². The summed E-state index contributed by atoms with van der Waals surface area (Å²) in [6, 6.07) is 3.37. The van der Waals surface area contributed by atoms with Crippen molar-refractivity contribution in [2.75, 3.05) is 0 Å². The molecule has 0 bridgehead atoms. The number of carboxylic acids is 1. The van der Waals surface area contributed by atoms with E-state index in [-0.39, 0.29) is 29.2 Å². The van der Waals surface area contributed by atoms with Crippen molar-refractivity contribution in [1.29, 1.82) is 0 Å². The zero-order chi connectivity index (χ0) is 14.2. The largest absolute Gasteiger partial charge is 0.478 e. The molecule has 1 fully saturated rings. The summed E-state index contributed by atoms with van der Waals surface area (Å²) < 4.78 is 0. The van der Waals surface area contributed by atoms with Gasteiger partial charge in [0.1, 0.15) is 0 Å². The number of carbonyl (C=O) groups excluding carboxylic acids is 1. The zero-order valence-corrected chi connectivity index (χ0v) is 10.9.